The maximum Gasteiger partial charge on any atom is 0.0467 e. The Bertz CT molecular complexity index is 288. The zero-order valence-corrected chi connectivity index (χ0v) is 9.45. The summed E-state index contributed by atoms with van der Waals surface area (Å²) in [6.07, 6.45) is 1.15. The quantitative estimate of drug-likeness (QED) is 0.613. The van der Waals surface area contributed by atoms with Gasteiger partial charge in [0.25, 0.3) is 0 Å². The van der Waals surface area contributed by atoms with E-state index in [1.54, 1.807) is 17.8 Å². The fraction of sp³-hybridized carbons (Fsp3) is 0.400. The standard InChI is InChI=1S/C10H14ClNS/c1-3-7(2)13-10-5-4-8(11)6-9(10)12/h4-7H,3,12H2,1-2H3. The van der Waals surface area contributed by atoms with Gasteiger partial charge in [0, 0.05) is 20.9 Å². The first-order valence-electron chi connectivity index (χ1n) is 4.35. The molecule has 13 heavy (non-hydrogen) atoms. The van der Waals surface area contributed by atoms with Gasteiger partial charge in [-0.3, -0.25) is 0 Å². The van der Waals surface area contributed by atoms with Crippen LogP contribution in [0, 0.1) is 0 Å². The predicted molar refractivity (Wildman–Crippen MR) is 61.5 cm³/mol. The van der Waals surface area contributed by atoms with E-state index < -0.39 is 0 Å². The van der Waals surface area contributed by atoms with Crippen molar-refractivity contribution in [3.05, 3.63) is 23.2 Å². The van der Waals surface area contributed by atoms with Crippen LogP contribution < -0.4 is 5.73 Å². The average Bonchev–Trinajstić information content (AvgIpc) is 2.09. The van der Waals surface area contributed by atoms with Crippen molar-refractivity contribution in [1.29, 1.82) is 0 Å². The van der Waals surface area contributed by atoms with Gasteiger partial charge in [-0.1, -0.05) is 25.4 Å². The van der Waals surface area contributed by atoms with Crippen molar-refractivity contribution in [2.45, 2.75) is 30.4 Å². The Labute approximate surface area is 88.7 Å². The predicted octanol–water partition coefficient (Wildman–Crippen LogP) is 3.81. The summed E-state index contributed by atoms with van der Waals surface area (Å²) in [6.45, 7) is 4.36. The van der Waals surface area contributed by atoms with Gasteiger partial charge >= 0.3 is 0 Å². The van der Waals surface area contributed by atoms with Crippen molar-refractivity contribution >= 4 is 29.1 Å². The highest BCUT2D eigenvalue weighted by molar-refractivity contribution is 8.00. The zero-order valence-electron chi connectivity index (χ0n) is 7.88. The van der Waals surface area contributed by atoms with Gasteiger partial charge in [0.15, 0.2) is 0 Å². The van der Waals surface area contributed by atoms with Crippen molar-refractivity contribution in [3.8, 4) is 0 Å². The van der Waals surface area contributed by atoms with E-state index in [0.29, 0.717) is 10.3 Å². The number of hydrogen-bond donors (Lipinski definition) is 1. The largest absolute Gasteiger partial charge is 0.398 e. The monoisotopic (exact) mass is 215 g/mol. The van der Waals surface area contributed by atoms with Crippen LogP contribution in [0.5, 0.6) is 0 Å². The van der Waals surface area contributed by atoms with Crippen LogP contribution in [-0.2, 0) is 0 Å². The Morgan fingerprint density at radius 1 is 1.54 bits per heavy atom. The molecule has 0 radical (unpaired) electrons. The normalized spacial score (nSPS) is 12.8. The molecule has 0 spiro atoms. The molecule has 0 heterocycles. The van der Waals surface area contributed by atoms with Crippen LogP contribution >= 0.6 is 23.4 Å². The minimum Gasteiger partial charge on any atom is -0.398 e. The van der Waals surface area contributed by atoms with Crippen LogP contribution in [0.4, 0.5) is 5.69 Å². The first kappa shape index (κ1) is 10.7. The van der Waals surface area contributed by atoms with Crippen molar-refractivity contribution in [1.82, 2.24) is 0 Å². The lowest BCUT2D eigenvalue weighted by atomic mass is 10.3. The second kappa shape index (κ2) is 4.77. The summed E-state index contributed by atoms with van der Waals surface area (Å²) in [5.41, 5.74) is 6.59. The van der Waals surface area contributed by atoms with E-state index in [9.17, 15) is 0 Å². The van der Waals surface area contributed by atoms with E-state index in [0.717, 1.165) is 17.0 Å². The number of benzene rings is 1. The van der Waals surface area contributed by atoms with Crippen LogP contribution in [0.2, 0.25) is 5.02 Å². The molecule has 0 fully saturated rings. The van der Waals surface area contributed by atoms with Gasteiger partial charge in [-0.25, -0.2) is 0 Å². The summed E-state index contributed by atoms with van der Waals surface area (Å²) in [5.74, 6) is 0. The molecule has 0 aliphatic carbocycles. The molecule has 0 aliphatic heterocycles. The number of hydrogen-bond acceptors (Lipinski definition) is 2. The van der Waals surface area contributed by atoms with Gasteiger partial charge in [-0.05, 0) is 24.6 Å². The molecular weight excluding hydrogens is 202 g/mol. The van der Waals surface area contributed by atoms with E-state index in [2.05, 4.69) is 13.8 Å². The minimum atomic E-state index is 0.600. The first-order chi connectivity index (χ1) is 6.13. The average molecular weight is 216 g/mol. The maximum atomic E-state index is 5.82. The highest BCUT2D eigenvalue weighted by atomic mass is 35.5. The topological polar surface area (TPSA) is 26.0 Å². The number of halogens is 1. The molecule has 1 rings (SSSR count). The summed E-state index contributed by atoms with van der Waals surface area (Å²) in [6, 6.07) is 5.66. The number of nitrogen functional groups attached to an aromatic ring is 1. The molecule has 1 nitrogen and oxygen atoms in total. The third-order valence-corrected chi connectivity index (χ3v) is 3.47. The smallest absolute Gasteiger partial charge is 0.0467 e. The molecule has 0 saturated heterocycles. The van der Waals surface area contributed by atoms with E-state index in [-0.39, 0.29) is 0 Å². The molecule has 1 unspecified atom stereocenters. The first-order valence-corrected chi connectivity index (χ1v) is 5.61. The lowest BCUT2D eigenvalue weighted by molar-refractivity contribution is 0.906. The minimum absolute atomic E-state index is 0.600. The molecule has 72 valence electrons. The number of nitrogens with two attached hydrogens (primary N) is 1. The van der Waals surface area contributed by atoms with Crippen molar-refractivity contribution in [2.24, 2.45) is 0 Å². The van der Waals surface area contributed by atoms with Crippen LogP contribution in [0.3, 0.4) is 0 Å². The van der Waals surface area contributed by atoms with Gasteiger partial charge in [0.2, 0.25) is 0 Å². The molecule has 3 heteroatoms. The number of rotatable bonds is 3. The van der Waals surface area contributed by atoms with Crippen molar-refractivity contribution < 1.29 is 0 Å². The molecule has 1 aromatic rings. The van der Waals surface area contributed by atoms with E-state index in [4.69, 9.17) is 17.3 Å². The molecular formula is C10H14ClNS. The summed E-state index contributed by atoms with van der Waals surface area (Å²) in [4.78, 5) is 1.12. The summed E-state index contributed by atoms with van der Waals surface area (Å²) in [7, 11) is 0. The molecule has 0 saturated carbocycles. The molecule has 0 bridgehead atoms. The molecule has 0 amide bonds. The highest BCUT2D eigenvalue weighted by Gasteiger charge is 2.05. The van der Waals surface area contributed by atoms with Crippen LogP contribution in [-0.4, -0.2) is 5.25 Å². The fourth-order valence-electron chi connectivity index (χ4n) is 0.927. The molecule has 1 aromatic carbocycles. The van der Waals surface area contributed by atoms with Gasteiger partial charge < -0.3 is 5.73 Å². The summed E-state index contributed by atoms with van der Waals surface area (Å²) < 4.78 is 0. The fourth-order valence-corrected chi connectivity index (χ4v) is 2.05. The highest BCUT2D eigenvalue weighted by Crippen LogP contribution is 2.31. The summed E-state index contributed by atoms with van der Waals surface area (Å²) >= 11 is 7.59. The lowest BCUT2D eigenvalue weighted by Gasteiger charge is -2.10. The van der Waals surface area contributed by atoms with Gasteiger partial charge in [-0.2, -0.15) is 0 Å². The molecule has 1 atom stereocenters. The van der Waals surface area contributed by atoms with E-state index in [1.807, 2.05) is 12.1 Å². The number of anilines is 1. The van der Waals surface area contributed by atoms with Gasteiger partial charge in [0.1, 0.15) is 0 Å². The van der Waals surface area contributed by atoms with Crippen LogP contribution in [0.25, 0.3) is 0 Å². The Morgan fingerprint density at radius 3 is 2.77 bits per heavy atom. The van der Waals surface area contributed by atoms with E-state index in [1.165, 1.54) is 0 Å². The third kappa shape index (κ3) is 3.12. The van der Waals surface area contributed by atoms with E-state index >= 15 is 0 Å². The van der Waals surface area contributed by atoms with Gasteiger partial charge in [-0.15, -0.1) is 11.8 Å². The SMILES string of the molecule is CCC(C)Sc1ccc(Cl)cc1N. The summed E-state index contributed by atoms with van der Waals surface area (Å²) in [5, 5.41) is 1.30. The van der Waals surface area contributed by atoms with Gasteiger partial charge in [0.05, 0.1) is 0 Å². The second-order valence-electron chi connectivity index (χ2n) is 3.02. The molecule has 0 aliphatic rings. The third-order valence-electron chi connectivity index (χ3n) is 1.87. The Kier molecular flexibility index (Phi) is 3.94. The van der Waals surface area contributed by atoms with Crippen LogP contribution in [0.1, 0.15) is 20.3 Å². The zero-order chi connectivity index (χ0) is 9.84. The number of thioether (sulfide) groups is 1. The molecule has 2 N–H and O–H groups in total. The Hall–Kier alpha value is -0.340. The van der Waals surface area contributed by atoms with Crippen LogP contribution in [0.15, 0.2) is 23.1 Å². The lowest BCUT2D eigenvalue weighted by Crippen LogP contribution is -1.95. The van der Waals surface area contributed by atoms with Crippen molar-refractivity contribution in [2.75, 3.05) is 5.73 Å². The molecule has 0 aromatic heterocycles. The maximum absolute atomic E-state index is 5.82. The Morgan fingerprint density at radius 2 is 2.23 bits per heavy atom. The second-order valence-corrected chi connectivity index (χ2v) is 4.94. The van der Waals surface area contributed by atoms with Crippen molar-refractivity contribution in [3.63, 3.8) is 0 Å². The Balaban J connectivity index is 2.77.